The fourth-order valence-electron chi connectivity index (χ4n) is 3.60. The Morgan fingerprint density at radius 1 is 1.38 bits per heavy atom. The van der Waals surface area contributed by atoms with Crippen LogP contribution in [0.5, 0.6) is 0 Å². The van der Waals surface area contributed by atoms with Crippen molar-refractivity contribution in [2.75, 3.05) is 19.3 Å². The molecule has 0 saturated carbocycles. The number of aliphatic imine (C=N–C) groups is 1. The first-order valence-electron chi connectivity index (χ1n) is 8.52. The molecule has 1 amide bonds. The number of nitrogens with zero attached hydrogens (tertiary/aromatic N) is 4. The van der Waals surface area contributed by atoms with Crippen LogP contribution in [-0.4, -0.2) is 68.9 Å². The second kappa shape index (κ2) is 7.22. The van der Waals surface area contributed by atoms with E-state index in [0.717, 1.165) is 12.8 Å². The molecule has 6 nitrogen and oxygen atoms in total. The van der Waals surface area contributed by atoms with Gasteiger partial charge in [-0.1, -0.05) is 13.3 Å². The van der Waals surface area contributed by atoms with Crippen LogP contribution < -0.4 is 0 Å². The smallest absolute Gasteiger partial charge is 0.413 e. The zero-order valence-electron chi connectivity index (χ0n) is 14.6. The zero-order chi connectivity index (χ0) is 19.1. The summed E-state index contributed by atoms with van der Waals surface area (Å²) in [5, 5.41) is 5.47. The Bertz CT molecular complexity index is 662. The third kappa shape index (κ3) is 3.75. The van der Waals surface area contributed by atoms with Crippen molar-refractivity contribution >= 4 is 28.0 Å². The first-order chi connectivity index (χ1) is 12.2. The minimum Gasteiger partial charge on any atom is -0.610 e. The molecule has 3 rings (SSSR count). The van der Waals surface area contributed by atoms with Crippen molar-refractivity contribution in [3.63, 3.8) is 0 Å². The number of alkyl halides is 3. The van der Waals surface area contributed by atoms with Crippen molar-refractivity contribution in [1.29, 1.82) is 0 Å². The van der Waals surface area contributed by atoms with Gasteiger partial charge in [-0.05, 0) is 18.4 Å². The molecule has 10 heteroatoms. The van der Waals surface area contributed by atoms with Gasteiger partial charge in [0.1, 0.15) is 18.1 Å². The molecule has 0 aromatic heterocycles. The number of likely N-dealkylation sites (tertiary alicyclic amines) is 1. The summed E-state index contributed by atoms with van der Waals surface area (Å²) >= 11 is -1.42. The predicted octanol–water partition coefficient (Wildman–Crippen LogP) is 1.91. The van der Waals surface area contributed by atoms with Crippen LogP contribution in [-0.2, 0) is 16.0 Å². The van der Waals surface area contributed by atoms with E-state index in [0.29, 0.717) is 13.0 Å². The number of carbonyl (C=O) groups excluding carboxylic acids is 1. The van der Waals surface area contributed by atoms with Crippen LogP contribution in [0.2, 0.25) is 0 Å². The molecule has 0 spiro atoms. The number of rotatable bonds is 4. The van der Waals surface area contributed by atoms with Crippen LogP contribution in [0.1, 0.15) is 26.2 Å². The summed E-state index contributed by atoms with van der Waals surface area (Å²) in [6, 6.07) is -3.11. The van der Waals surface area contributed by atoms with E-state index in [4.69, 9.17) is 0 Å². The molecule has 0 aliphatic carbocycles. The highest BCUT2D eigenvalue weighted by atomic mass is 32.2. The molecule has 4 unspecified atom stereocenters. The van der Waals surface area contributed by atoms with Gasteiger partial charge in [0, 0.05) is 36.8 Å². The lowest BCUT2D eigenvalue weighted by Crippen LogP contribution is -2.50. The van der Waals surface area contributed by atoms with Gasteiger partial charge >= 0.3 is 6.18 Å². The summed E-state index contributed by atoms with van der Waals surface area (Å²) < 4.78 is 52.2. The van der Waals surface area contributed by atoms with E-state index in [-0.39, 0.29) is 29.2 Å². The SMILES string of the molecule is CCCC1CC(=O)N(CC2C(C(F)(F)F)N=C3C=CC([S+](C)[O-])=NN32)C1. The Labute approximate surface area is 153 Å². The summed E-state index contributed by atoms with van der Waals surface area (Å²) in [5.41, 5.74) is 0. The lowest BCUT2D eigenvalue weighted by molar-refractivity contribution is -0.157. The molecule has 1 saturated heterocycles. The highest BCUT2D eigenvalue weighted by Gasteiger charge is 2.53. The standard InChI is InChI=1S/C16H21F3N4O2S/c1-3-4-10-7-14(24)22(8-10)9-11-15(16(17,18)19)20-12-5-6-13(26(2)25)21-23(11)12/h5-6,10-11,15H,3-4,7-9H2,1-2H3. The number of halogens is 3. The second-order valence-electron chi connectivity index (χ2n) is 6.77. The maximum atomic E-state index is 13.5. The van der Waals surface area contributed by atoms with Crippen LogP contribution >= 0.6 is 0 Å². The Morgan fingerprint density at radius 2 is 2.12 bits per heavy atom. The monoisotopic (exact) mass is 390 g/mol. The number of carbonyl (C=O) groups is 1. The lowest BCUT2D eigenvalue weighted by atomic mass is 10.0. The zero-order valence-corrected chi connectivity index (χ0v) is 15.4. The second-order valence-corrected chi connectivity index (χ2v) is 8.10. The minimum absolute atomic E-state index is 0.0864. The summed E-state index contributed by atoms with van der Waals surface area (Å²) in [7, 11) is 0. The number of fused-ring (bicyclic) bond motifs is 1. The van der Waals surface area contributed by atoms with E-state index in [1.807, 2.05) is 6.92 Å². The molecule has 3 aliphatic rings. The van der Waals surface area contributed by atoms with Gasteiger partial charge in [-0.15, -0.1) is 5.10 Å². The van der Waals surface area contributed by atoms with E-state index in [1.165, 1.54) is 28.3 Å². The quantitative estimate of drug-likeness (QED) is 0.689. The maximum absolute atomic E-state index is 13.5. The van der Waals surface area contributed by atoms with Gasteiger partial charge in [0.05, 0.1) is 0 Å². The lowest BCUT2D eigenvalue weighted by Gasteiger charge is -2.31. The third-order valence-corrected chi connectivity index (χ3v) is 5.60. The van der Waals surface area contributed by atoms with E-state index in [9.17, 15) is 22.5 Å². The molecule has 3 aliphatic heterocycles. The third-order valence-electron chi connectivity index (χ3n) is 4.79. The van der Waals surface area contributed by atoms with Crippen LogP contribution in [0.25, 0.3) is 0 Å². The molecule has 0 bridgehead atoms. The highest BCUT2D eigenvalue weighted by molar-refractivity contribution is 8.06. The first kappa shape index (κ1) is 19.2. The van der Waals surface area contributed by atoms with Gasteiger partial charge in [-0.25, -0.2) is 5.01 Å². The number of hydrogen-bond acceptors (Lipinski definition) is 5. The van der Waals surface area contributed by atoms with Gasteiger partial charge in [0.15, 0.2) is 6.04 Å². The van der Waals surface area contributed by atoms with Crippen molar-refractivity contribution in [3.8, 4) is 0 Å². The molecule has 1 fully saturated rings. The largest absolute Gasteiger partial charge is 0.610 e. The number of amidine groups is 1. The highest BCUT2D eigenvalue weighted by Crippen LogP contribution is 2.35. The molecule has 26 heavy (non-hydrogen) atoms. The molecular formula is C16H21F3N4O2S. The van der Waals surface area contributed by atoms with Crippen LogP contribution in [0, 0.1) is 5.92 Å². The van der Waals surface area contributed by atoms with Crippen LogP contribution in [0.3, 0.4) is 0 Å². The van der Waals surface area contributed by atoms with Gasteiger partial charge in [-0.2, -0.15) is 13.2 Å². The van der Waals surface area contributed by atoms with Gasteiger partial charge in [0.2, 0.25) is 5.91 Å². The molecular weight excluding hydrogens is 369 g/mol. The Morgan fingerprint density at radius 3 is 2.73 bits per heavy atom. The van der Waals surface area contributed by atoms with E-state index in [2.05, 4.69) is 10.1 Å². The minimum atomic E-state index is -4.55. The molecule has 0 radical (unpaired) electrons. The predicted molar refractivity (Wildman–Crippen MR) is 93.1 cm³/mol. The Hall–Kier alpha value is -1.55. The normalized spacial score (nSPS) is 29.8. The molecule has 0 aromatic rings. The van der Waals surface area contributed by atoms with Crippen molar-refractivity contribution < 1.29 is 22.5 Å². The summed E-state index contributed by atoms with van der Waals surface area (Å²) in [5.74, 6) is 0.138. The molecule has 4 atom stereocenters. The summed E-state index contributed by atoms with van der Waals surface area (Å²) in [6.07, 6.45) is 1.86. The Kier molecular flexibility index (Phi) is 5.34. The number of hydrazone groups is 1. The average molecular weight is 390 g/mol. The fourth-order valence-corrected chi connectivity index (χ4v) is 4.06. The van der Waals surface area contributed by atoms with Crippen LogP contribution in [0.4, 0.5) is 13.2 Å². The number of amides is 1. The van der Waals surface area contributed by atoms with Gasteiger partial charge < -0.3 is 9.45 Å². The number of hydrogen-bond donors (Lipinski definition) is 0. The molecule has 0 aromatic carbocycles. The van der Waals surface area contributed by atoms with Crippen molar-refractivity contribution in [1.82, 2.24) is 9.91 Å². The van der Waals surface area contributed by atoms with Crippen molar-refractivity contribution in [2.24, 2.45) is 16.0 Å². The maximum Gasteiger partial charge on any atom is 0.413 e. The van der Waals surface area contributed by atoms with E-state index in [1.54, 1.807) is 0 Å². The average Bonchev–Trinajstić information content (AvgIpc) is 3.08. The van der Waals surface area contributed by atoms with Crippen molar-refractivity contribution in [2.45, 2.75) is 44.4 Å². The van der Waals surface area contributed by atoms with Crippen LogP contribution in [0.15, 0.2) is 22.2 Å². The molecule has 3 heterocycles. The summed E-state index contributed by atoms with van der Waals surface area (Å²) in [6.45, 7) is 2.38. The first-order valence-corrected chi connectivity index (χ1v) is 10.1. The Balaban J connectivity index is 1.83. The van der Waals surface area contributed by atoms with Crippen molar-refractivity contribution in [3.05, 3.63) is 12.2 Å². The molecule has 0 N–H and O–H groups in total. The fraction of sp³-hybridized carbons (Fsp3) is 0.688. The van der Waals surface area contributed by atoms with Gasteiger partial charge in [0.25, 0.3) is 5.04 Å². The van der Waals surface area contributed by atoms with E-state index < -0.39 is 29.4 Å². The summed E-state index contributed by atoms with van der Waals surface area (Å²) in [4.78, 5) is 17.5. The topological polar surface area (TPSA) is 71.3 Å². The van der Waals surface area contributed by atoms with E-state index >= 15 is 0 Å². The van der Waals surface area contributed by atoms with Gasteiger partial charge in [-0.3, -0.25) is 9.79 Å². The molecule has 144 valence electrons.